The first-order valence-corrected chi connectivity index (χ1v) is 8.38. The van der Waals surface area contributed by atoms with Crippen molar-refractivity contribution in [3.05, 3.63) is 35.1 Å². The van der Waals surface area contributed by atoms with Crippen LogP contribution in [0, 0.1) is 29.5 Å². The number of aromatic carboxylic acids is 1. The van der Waals surface area contributed by atoms with Crippen molar-refractivity contribution in [2.75, 3.05) is 0 Å². The van der Waals surface area contributed by atoms with Crippen LogP contribution in [-0.2, 0) is 0 Å². The Labute approximate surface area is 134 Å². The summed E-state index contributed by atoms with van der Waals surface area (Å²) in [5.41, 5.74) is -0.214. The van der Waals surface area contributed by atoms with Crippen LogP contribution < -0.4 is 5.32 Å². The molecular weight excluding hydrogens is 297 g/mol. The molecule has 3 aliphatic rings. The number of hydrogen-bond acceptors (Lipinski definition) is 2. The summed E-state index contributed by atoms with van der Waals surface area (Å²) < 4.78 is 14.0. The molecule has 3 saturated carbocycles. The summed E-state index contributed by atoms with van der Waals surface area (Å²) in [5.74, 6) is 0.444. The quantitative estimate of drug-likeness (QED) is 0.900. The van der Waals surface area contributed by atoms with Gasteiger partial charge in [-0.3, -0.25) is 4.79 Å². The lowest BCUT2D eigenvalue weighted by molar-refractivity contribution is 0.0695. The molecule has 122 valence electrons. The van der Waals surface area contributed by atoms with Gasteiger partial charge in [0.1, 0.15) is 5.82 Å². The number of halogens is 1. The number of carbonyl (C=O) groups is 2. The number of carboxylic acids is 1. The second-order valence-corrected chi connectivity index (χ2v) is 7.23. The van der Waals surface area contributed by atoms with Crippen molar-refractivity contribution in [3.63, 3.8) is 0 Å². The maximum absolute atomic E-state index is 14.0. The third-order valence-corrected chi connectivity index (χ3v) is 6.21. The zero-order valence-corrected chi connectivity index (χ0v) is 12.8. The molecule has 3 fully saturated rings. The topological polar surface area (TPSA) is 66.4 Å². The normalized spacial score (nSPS) is 34.4. The average Bonchev–Trinajstić information content (AvgIpc) is 3.19. The van der Waals surface area contributed by atoms with Gasteiger partial charge in [0, 0.05) is 6.04 Å². The SMILES string of the molecule is O=C(O)c1ccc(C(=O)NC2CC3CC2C2CCCC32)c(F)c1. The van der Waals surface area contributed by atoms with Crippen molar-refractivity contribution < 1.29 is 19.1 Å². The van der Waals surface area contributed by atoms with Gasteiger partial charge in [-0.1, -0.05) is 6.42 Å². The summed E-state index contributed by atoms with van der Waals surface area (Å²) in [6.07, 6.45) is 6.10. The molecule has 23 heavy (non-hydrogen) atoms. The standard InChI is InChI=1S/C18H20FNO3/c19-15-7-9(18(22)23)4-5-13(15)17(21)20-16-8-10-6-14(16)12-3-1-2-11(10)12/h4-5,7,10-12,14,16H,1-3,6,8H2,(H,20,21)(H,22,23). The summed E-state index contributed by atoms with van der Waals surface area (Å²) >= 11 is 0. The number of amides is 1. The molecule has 5 unspecified atom stereocenters. The molecule has 2 N–H and O–H groups in total. The van der Waals surface area contributed by atoms with Crippen molar-refractivity contribution in [2.45, 2.75) is 38.1 Å². The van der Waals surface area contributed by atoms with E-state index in [1.165, 1.54) is 37.8 Å². The van der Waals surface area contributed by atoms with E-state index in [0.717, 1.165) is 30.2 Å². The van der Waals surface area contributed by atoms with Crippen molar-refractivity contribution in [1.29, 1.82) is 0 Å². The van der Waals surface area contributed by atoms with E-state index >= 15 is 0 Å². The van der Waals surface area contributed by atoms with Crippen LogP contribution in [0.3, 0.4) is 0 Å². The number of fused-ring (bicyclic) bond motifs is 5. The highest BCUT2D eigenvalue weighted by Crippen LogP contribution is 2.58. The molecule has 3 aliphatic carbocycles. The number of carbonyl (C=O) groups excluding carboxylic acids is 1. The van der Waals surface area contributed by atoms with E-state index in [0.29, 0.717) is 5.92 Å². The van der Waals surface area contributed by atoms with E-state index in [-0.39, 0.29) is 17.2 Å². The molecule has 1 aromatic carbocycles. The minimum atomic E-state index is -1.20. The average molecular weight is 317 g/mol. The smallest absolute Gasteiger partial charge is 0.335 e. The van der Waals surface area contributed by atoms with E-state index in [9.17, 15) is 14.0 Å². The Bertz CT molecular complexity index is 674. The Hall–Kier alpha value is -1.91. The van der Waals surface area contributed by atoms with Crippen molar-refractivity contribution in [3.8, 4) is 0 Å². The lowest BCUT2D eigenvalue weighted by Crippen LogP contribution is -2.42. The van der Waals surface area contributed by atoms with Gasteiger partial charge in [0.15, 0.2) is 0 Å². The second kappa shape index (κ2) is 5.32. The summed E-state index contributed by atoms with van der Waals surface area (Å²) in [4.78, 5) is 23.2. The maximum atomic E-state index is 14.0. The molecule has 2 bridgehead atoms. The number of rotatable bonds is 3. The minimum Gasteiger partial charge on any atom is -0.478 e. The van der Waals surface area contributed by atoms with E-state index in [1.807, 2.05) is 0 Å². The fraction of sp³-hybridized carbons (Fsp3) is 0.556. The Balaban J connectivity index is 1.48. The zero-order valence-electron chi connectivity index (χ0n) is 12.8. The van der Waals surface area contributed by atoms with Crippen LogP contribution in [-0.4, -0.2) is 23.0 Å². The van der Waals surface area contributed by atoms with Crippen LogP contribution in [0.2, 0.25) is 0 Å². The number of benzene rings is 1. The first-order chi connectivity index (χ1) is 11.0. The predicted molar refractivity (Wildman–Crippen MR) is 81.7 cm³/mol. The molecule has 0 aromatic heterocycles. The second-order valence-electron chi connectivity index (χ2n) is 7.23. The Kier molecular flexibility index (Phi) is 3.39. The van der Waals surface area contributed by atoms with Crippen molar-refractivity contribution in [1.82, 2.24) is 5.32 Å². The molecule has 0 radical (unpaired) electrons. The monoisotopic (exact) mass is 317 g/mol. The molecule has 5 atom stereocenters. The molecule has 5 heteroatoms. The number of carboxylic acid groups (broad SMARTS) is 1. The largest absolute Gasteiger partial charge is 0.478 e. The van der Waals surface area contributed by atoms with Gasteiger partial charge in [-0.15, -0.1) is 0 Å². The molecule has 0 aliphatic heterocycles. The minimum absolute atomic E-state index is 0.0688. The first-order valence-electron chi connectivity index (χ1n) is 8.38. The highest BCUT2D eigenvalue weighted by molar-refractivity contribution is 5.96. The molecule has 1 amide bonds. The van der Waals surface area contributed by atoms with Crippen LogP contribution in [0.4, 0.5) is 4.39 Å². The Morgan fingerprint density at radius 1 is 1.13 bits per heavy atom. The van der Waals surface area contributed by atoms with Crippen LogP contribution in [0.1, 0.15) is 52.8 Å². The molecule has 4 rings (SSSR count). The molecule has 1 aromatic rings. The summed E-state index contributed by atoms with van der Waals surface area (Å²) in [5, 5.41) is 11.9. The van der Waals surface area contributed by atoms with Gasteiger partial charge in [0.05, 0.1) is 11.1 Å². The number of nitrogens with one attached hydrogen (secondary N) is 1. The van der Waals surface area contributed by atoms with Gasteiger partial charge < -0.3 is 10.4 Å². The van der Waals surface area contributed by atoms with Gasteiger partial charge >= 0.3 is 5.97 Å². The van der Waals surface area contributed by atoms with Crippen LogP contribution in [0.5, 0.6) is 0 Å². The highest BCUT2D eigenvalue weighted by Gasteiger charge is 2.54. The summed E-state index contributed by atoms with van der Waals surface area (Å²) in [6.45, 7) is 0. The van der Waals surface area contributed by atoms with Gasteiger partial charge in [-0.05, 0) is 67.6 Å². The van der Waals surface area contributed by atoms with Gasteiger partial charge in [0.25, 0.3) is 5.91 Å². The Morgan fingerprint density at radius 2 is 1.91 bits per heavy atom. The molecule has 0 heterocycles. The van der Waals surface area contributed by atoms with Crippen LogP contribution in [0.15, 0.2) is 18.2 Å². The van der Waals surface area contributed by atoms with E-state index in [2.05, 4.69) is 5.32 Å². The van der Waals surface area contributed by atoms with Crippen molar-refractivity contribution >= 4 is 11.9 Å². The predicted octanol–water partition coefficient (Wildman–Crippen LogP) is 3.08. The van der Waals surface area contributed by atoms with Gasteiger partial charge in [-0.2, -0.15) is 0 Å². The number of hydrogen-bond donors (Lipinski definition) is 2. The lowest BCUT2D eigenvalue weighted by atomic mass is 9.79. The summed E-state index contributed by atoms with van der Waals surface area (Å²) in [7, 11) is 0. The van der Waals surface area contributed by atoms with E-state index in [4.69, 9.17) is 5.11 Å². The van der Waals surface area contributed by atoms with Crippen LogP contribution >= 0.6 is 0 Å². The molecule has 4 nitrogen and oxygen atoms in total. The van der Waals surface area contributed by atoms with E-state index < -0.39 is 17.7 Å². The Morgan fingerprint density at radius 3 is 2.65 bits per heavy atom. The molecule has 0 spiro atoms. The fourth-order valence-corrected chi connectivity index (χ4v) is 5.31. The van der Waals surface area contributed by atoms with Crippen LogP contribution in [0.25, 0.3) is 0 Å². The third-order valence-electron chi connectivity index (χ3n) is 6.21. The fourth-order valence-electron chi connectivity index (χ4n) is 5.31. The van der Waals surface area contributed by atoms with E-state index in [1.54, 1.807) is 0 Å². The first kappa shape index (κ1) is 14.7. The summed E-state index contributed by atoms with van der Waals surface area (Å²) in [6, 6.07) is 3.59. The van der Waals surface area contributed by atoms with Gasteiger partial charge in [0.2, 0.25) is 0 Å². The highest BCUT2D eigenvalue weighted by atomic mass is 19.1. The van der Waals surface area contributed by atoms with Crippen molar-refractivity contribution in [2.24, 2.45) is 23.7 Å². The molecule has 0 saturated heterocycles. The lowest BCUT2D eigenvalue weighted by Gasteiger charge is -2.32. The third kappa shape index (κ3) is 2.33. The zero-order chi connectivity index (χ0) is 16.1. The maximum Gasteiger partial charge on any atom is 0.335 e. The molecular formula is C18H20FNO3. The van der Waals surface area contributed by atoms with Gasteiger partial charge in [-0.25, -0.2) is 9.18 Å².